The number of nitrogens with zero attached hydrogens (tertiary/aromatic N) is 3. The van der Waals surface area contributed by atoms with Crippen molar-refractivity contribution >= 4 is 17.4 Å². The van der Waals surface area contributed by atoms with Gasteiger partial charge < -0.3 is 39.0 Å². The van der Waals surface area contributed by atoms with Gasteiger partial charge in [-0.05, 0) is 48.0 Å². The van der Waals surface area contributed by atoms with Crippen molar-refractivity contribution in [1.29, 1.82) is 0 Å². The lowest BCUT2D eigenvalue weighted by Gasteiger charge is -2.43. The number of amides is 1. The third-order valence-corrected chi connectivity index (χ3v) is 11.5. The minimum Gasteiger partial charge on any atom is -0.457 e. The molecule has 60 heavy (non-hydrogen) atoms. The maximum absolute atomic E-state index is 14.8. The number of aliphatic hydroxyl groups is 1. The standard InChI is InChI=1S/C47H43FN4O8/c1-56-46(25-28-51(29-26-46)36-21-11-10-20-35(36)48)60-42-41(53)39(59-44(42)52-27-24-40(50-45(52)55)49-43(54)31-14-4-2-5-15-31)30-57-47(32-16-6-3-7-17-32)33-18-8-12-22-37(33)58-38-23-13-9-19-34(38)47/h2-24,27,39,41-42,44,53H,25-26,28-30H2,1H3,(H,49,50,54,55)/t39-,41-,42-,44-/m1/s1. The van der Waals surface area contributed by atoms with E-state index in [2.05, 4.69) is 10.3 Å². The molecule has 306 valence electrons. The molecule has 0 unspecified atom stereocenters. The Hall–Kier alpha value is -6.22. The lowest BCUT2D eigenvalue weighted by molar-refractivity contribution is -0.276. The number of hydrogen-bond donors (Lipinski definition) is 2. The number of piperidine rings is 1. The number of rotatable bonds is 11. The van der Waals surface area contributed by atoms with Gasteiger partial charge in [-0.15, -0.1) is 0 Å². The first kappa shape index (κ1) is 39.3. The average Bonchev–Trinajstić information content (AvgIpc) is 3.59. The molecule has 0 aliphatic carbocycles. The number of nitrogens with one attached hydrogen (secondary N) is 1. The zero-order valence-corrected chi connectivity index (χ0v) is 32.7. The summed E-state index contributed by atoms with van der Waals surface area (Å²) in [6, 6.07) is 41.8. The van der Waals surface area contributed by atoms with E-state index >= 15 is 0 Å². The fourth-order valence-corrected chi connectivity index (χ4v) is 8.46. The number of halogens is 1. The highest BCUT2D eigenvalue weighted by Gasteiger charge is 2.53. The summed E-state index contributed by atoms with van der Waals surface area (Å²) in [7, 11) is 1.53. The van der Waals surface area contributed by atoms with E-state index in [0.717, 1.165) is 16.7 Å². The second kappa shape index (κ2) is 16.4. The largest absolute Gasteiger partial charge is 0.457 e. The summed E-state index contributed by atoms with van der Waals surface area (Å²) in [4.78, 5) is 32.9. The molecule has 0 bridgehead atoms. The first-order valence-electron chi connectivity index (χ1n) is 19.9. The zero-order chi connectivity index (χ0) is 41.3. The molecule has 5 aromatic carbocycles. The number of ether oxygens (including phenoxy) is 5. The van der Waals surface area contributed by atoms with Crippen LogP contribution in [0, 0.1) is 5.82 Å². The third kappa shape index (κ3) is 7.24. The monoisotopic (exact) mass is 810 g/mol. The molecule has 0 radical (unpaired) electrons. The van der Waals surface area contributed by atoms with Gasteiger partial charge in [-0.1, -0.05) is 97.1 Å². The maximum Gasteiger partial charge on any atom is 0.351 e. The van der Waals surface area contributed by atoms with Gasteiger partial charge in [0.25, 0.3) is 5.91 Å². The van der Waals surface area contributed by atoms with Gasteiger partial charge in [-0.2, -0.15) is 4.98 Å². The van der Waals surface area contributed by atoms with Gasteiger partial charge in [0.2, 0.25) is 0 Å². The topological polar surface area (TPSA) is 134 Å². The molecular weight excluding hydrogens is 768 g/mol. The van der Waals surface area contributed by atoms with Gasteiger partial charge in [0.05, 0.1) is 12.3 Å². The van der Waals surface area contributed by atoms with Crippen LogP contribution >= 0.6 is 0 Å². The fraction of sp³-hybridized carbons (Fsp3) is 0.255. The molecule has 12 nitrogen and oxygen atoms in total. The molecule has 0 spiro atoms. The number of methoxy groups -OCH3 is 1. The van der Waals surface area contributed by atoms with Crippen molar-refractivity contribution in [2.75, 3.05) is 37.0 Å². The minimum absolute atomic E-state index is 0.0385. The summed E-state index contributed by atoms with van der Waals surface area (Å²) in [5, 5.41) is 15.0. The van der Waals surface area contributed by atoms with Crippen LogP contribution in [0.5, 0.6) is 11.5 Å². The van der Waals surface area contributed by atoms with Crippen molar-refractivity contribution in [3.05, 3.63) is 184 Å². The smallest absolute Gasteiger partial charge is 0.351 e. The van der Waals surface area contributed by atoms with Crippen LogP contribution in [0.1, 0.15) is 46.1 Å². The SMILES string of the molecule is COC1(O[C@@H]2[C@H](O)[C@@H](COC3(c4ccccc4)c4ccccc4Oc4ccccc43)O[C@H]2n2ccc(NC(=O)c3ccccc3)nc2=O)CCN(c2ccccc2F)CC1. The first-order chi connectivity index (χ1) is 29.3. The summed E-state index contributed by atoms with van der Waals surface area (Å²) < 4.78 is 49.0. The second-order valence-corrected chi connectivity index (χ2v) is 15.0. The molecule has 0 saturated carbocycles. The molecule has 2 N–H and O–H groups in total. The van der Waals surface area contributed by atoms with Crippen molar-refractivity contribution in [3.63, 3.8) is 0 Å². The molecule has 13 heteroatoms. The predicted molar refractivity (Wildman–Crippen MR) is 221 cm³/mol. The summed E-state index contributed by atoms with van der Waals surface area (Å²) in [5.74, 6) is -0.713. The van der Waals surface area contributed by atoms with Crippen LogP contribution in [0.15, 0.2) is 151 Å². The Kier molecular flexibility index (Phi) is 10.8. The lowest BCUT2D eigenvalue weighted by atomic mass is 9.77. The van der Waals surface area contributed by atoms with E-state index in [1.165, 1.54) is 30.0 Å². The number of aliphatic hydroxyl groups excluding tert-OH is 1. The first-order valence-corrected chi connectivity index (χ1v) is 19.9. The summed E-state index contributed by atoms with van der Waals surface area (Å²) >= 11 is 0. The second-order valence-electron chi connectivity index (χ2n) is 15.0. The third-order valence-electron chi connectivity index (χ3n) is 11.5. The van der Waals surface area contributed by atoms with Crippen LogP contribution in [0.3, 0.4) is 0 Å². The maximum atomic E-state index is 14.8. The number of aromatic nitrogens is 2. The van der Waals surface area contributed by atoms with E-state index in [1.807, 2.05) is 83.8 Å². The molecule has 1 aromatic heterocycles. The Balaban J connectivity index is 1.05. The molecule has 2 saturated heterocycles. The number of hydrogen-bond acceptors (Lipinski definition) is 10. The molecule has 1 amide bonds. The van der Waals surface area contributed by atoms with Crippen molar-refractivity contribution in [3.8, 4) is 11.5 Å². The molecular formula is C47H43FN4O8. The number of anilines is 2. The Bertz CT molecular complexity index is 2490. The molecule has 9 rings (SSSR count). The average molecular weight is 811 g/mol. The molecule has 6 aromatic rings. The fourth-order valence-electron chi connectivity index (χ4n) is 8.46. The number of fused-ring (bicyclic) bond motifs is 2. The molecule has 4 atom stereocenters. The Morgan fingerprint density at radius 3 is 2.12 bits per heavy atom. The van der Waals surface area contributed by atoms with Crippen LogP contribution in [0.2, 0.25) is 0 Å². The number of benzene rings is 5. The predicted octanol–water partition coefficient (Wildman–Crippen LogP) is 7.04. The van der Waals surface area contributed by atoms with Crippen LogP contribution in [0.25, 0.3) is 0 Å². The van der Waals surface area contributed by atoms with Crippen molar-refractivity contribution in [2.45, 2.75) is 48.8 Å². The highest BCUT2D eigenvalue weighted by Crippen LogP contribution is 2.53. The molecule has 3 aliphatic rings. The molecule has 4 heterocycles. The Labute approximate surface area is 345 Å². The molecule has 3 aliphatic heterocycles. The lowest BCUT2D eigenvalue weighted by Crippen LogP contribution is -2.52. The van der Waals surface area contributed by atoms with E-state index in [9.17, 15) is 19.1 Å². The van der Waals surface area contributed by atoms with E-state index < -0.39 is 47.5 Å². The highest BCUT2D eigenvalue weighted by molar-refractivity contribution is 6.03. The van der Waals surface area contributed by atoms with Gasteiger partial charge in [0.15, 0.2) is 17.6 Å². The Morgan fingerprint density at radius 2 is 1.47 bits per heavy atom. The summed E-state index contributed by atoms with van der Waals surface area (Å²) in [6.45, 7) is 0.643. The molecule has 2 fully saturated rings. The van der Waals surface area contributed by atoms with E-state index in [1.54, 1.807) is 48.5 Å². The zero-order valence-electron chi connectivity index (χ0n) is 32.7. The summed E-state index contributed by atoms with van der Waals surface area (Å²) in [6.07, 6.45) is -2.65. The van der Waals surface area contributed by atoms with Crippen molar-refractivity contribution < 1.29 is 38.0 Å². The number of carbonyl (C=O) groups excluding carboxylic acids is 1. The van der Waals surface area contributed by atoms with Crippen LogP contribution in [-0.4, -0.2) is 71.5 Å². The van der Waals surface area contributed by atoms with Gasteiger partial charge in [0.1, 0.15) is 41.4 Å². The van der Waals surface area contributed by atoms with Gasteiger partial charge in [0, 0.05) is 55.9 Å². The van der Waals surface area contributed by atoms with Crippen LogP contribution < -0.4 is 20.6 Å². The van der Waals surface area contributed by atoms with E-state index in [0.29, 0.717) is 48.7 Å². The van der Waals surface area contributed by atoms with Crippen molar-refractivity contribution in [2.24, 2.45) is 0 Å². The summed E-state index contributed by atoms with van der Waals surface area (Å²) in [5.41, 5.74) is 1.30. The van der Waals surface area contributed by atoms with Gasteiger partial charge in [-0.25, -0.2) is 9.18 Å². The van der Waals surface area contributed by atoms with Crippen LogP contribution in [0.4, 0.5) is 15.9 Å². The van der Waals surface area contributed by atoms with E-state index in [4.69, 9.17) is 23.7 Å². The van der Waals surface area contributed by atoms with Gasteiger partial charge >= 0.3 is 5.69 Å². The Morgan fingerprint density at radius 1 is 0.850 bits per heavy atom. The minimum atomic E-state index is -1.34. The number of para-hydroxylation sites is 3. The quantitative estimate of drug-likeness (QED) is 0.131. The van der Waals surface area contributed by atoms with Crippen molar-refractivity contribution in [1.82, 2.24) is 9.55 Å². The van der Waals surface area contributed by atoms with Gasteiger partial charge in [-0.3, -0.25) is 9.36 Å². The van der Waals surface area contributed by atoms with E-state index in [-0.39, 0.29) is 18.2 Å². The highest BCUT2D eigenvalue weighted by atomic mass is 19.1. The van der Waals surface area contributed by atoms with Crippen LogP contribution in [-0.2, 0) is 24.5 Å². The normalized spacial score (nSPS) is 21.4. The number of carbonyl (C=O) groups is 1.